The number of likely N-dealkylation sites (tertiary alicyclic amines) is 1. The van der Waals surface area contributed by atoms with E-state index in [-0.39, 0.29) is 0 Å². The highest BCUT2D eigenvalue weighted by Gasteiger charge is 2.21. The van der Waals surface area contributed by atoms with Crippen molar-refractivity contribution >= 4 is 0 Å². The summed E-state index contributed by atoms with van der Waals surface area (Å²) >= 11 is 0. The first kappa shape index (κ1) is 14.2. The Labute approximate surface area is 126 Å². The maximum atomic E-state index is 4.49. The molecule has 0 aliphatic carbocycles. The van der Waals surface area contributed by atoms with E-state index in [0.717, 1.165) is 37.0 Å². The van der Waals surface area contributed by atoms with Crippen molar-refractivity contribution in [3.8, 4) is 0 Å². The lowest BCUT2D eigenvalue weighted by Gasteiger charge is -2.32. The number of aromatic nitrogens is 4. The molecule has 1 aliphatic heterocycles. The zero-order valence-corrected chi connectivity index (χ0v) is 12.9. The molecular weight excluding hydrogens is 262 g/mol. The highest BCUT2D eigenvalue weighted by Crippen LogP contribution is 2.20. The van der Waals surface area contributed by atoms with Gasteiger partial charge in [-0.2, -0.15) is 5.10 Å². The van der Waals surface area contributed by atoms with Gasteiger partial charge in [0.25, 0.3) is 0 Å². The quantitative estimate of drug-likeness (QED) is 0.864. The molecule has 0 spiro atoms. The first-order valence-electron chi connectivity index (χ1n) is 7.71. The number of aryl methyl sites for hydroxylation is 2. The monoisotopic (exact) mass is 285 g/mol. The second kappa shape index (κ2) is 6.35. The van der Waals surface area contributed by atoms with E-state index in [4.69, 9.17) is 0 Å². The molecule has 2 aromatic rings. The number of pyridine rings is 1. The minimum atomic E-state index is 0.655. The molecular formula is C16H23N5. The van der Waals surface area contributed by atoms with E-state index < -0.39 is 0 Å². The summed E-state index contributed by atoms with van der Waals surface area (Å²) < 4.78 is 2.06. The van der Waals surface area contributed by atoms with Gasteiger partial charge < -0.3 is 0 Å². The van der Waals surface area contributed by atoms with Gasteiger partial charge >= 0.3 is 0 Å². The van der Waals surface area contributed by atoms with E-state index in [0.29, 0.717) is 5.92 Å². The molecule has 0 radical (unpaired) electrons. The van der Waals surface area contributed by atoms with Gasteiger partial charge in [-0.25, -0.2) is 9.67 Å². The molecule has 112 valence electrons. The fourth-order valence-electron chi connectivity index (χ4n) is 3.14. The molecule has 0 saturated carbocycles. The third-order valence-corrected chi connectivity index (χ3v) is 4.11. The van der Waals surface area contributed by atoms with E-state index >= 15 is 0 Å². The number of nitrogens with zero attached hydrogens (tertiary/aromatic N) is 5. The van der Waals surface area contributed by atoms with Crippen LogP contribution in [0.15, 0.2) is 24.4 Å². The zero-order valence-electron chi connectivity index (χ0n) is 12.9. The molecule has 5 heteroatoms. The van der Waals surface area contributed by atoms with Gasteiger partial charge in [0.15, 0.2) is 0 Å². The summed E-state index contributed by atoms with van der Waals surface area (Å²) in [6, 6.07) is 6.14. The Bertz CT molecular complexity index is 578. The van der Waals surface area contributed by atoms with Crippen molar-refractivity contribution in [1.82, 2.24) is 24.6 Å². The first-order chi connectivity index (χ1) is 10.2. The van der Waals surface area contributed by atoms with Gasteiger partial charge in [-0.05, 0) is 51.3 Å². The summed E-state index contributed by atoms with van der Waals surface area (Å²) in [5.41, 5.74) is 1.16. The van der Waals surface area contributed by atoms with Crippen LogP contribution in [0.4, 0.5) is 0 Å². The lowest BCUT2D eigenvalue weighted by Crippen LogP contribution is -2.37. The van der Waals surface area contributed by atoms with Gasteiger partial charge in [0.05, 0.1) is 5.69 Å². The second-order valence-corrected chi connectivity index (χ2v) is 5.95. The highest BCUT2D eigenvalue weighted by atomic mass is 15.3. The predicted molar refractivity (Wildman–Crippen MR) is 81.7 cm³/mol. The molecule has 5 nitrogen and oxygen atoms in total. The van der Waals surface area contributed by atoms with Crippen molar-refractivity contribution in [2.75, 3.05) is 13.1 Å². The fourth-order valence-corrected chi connectivity index (χ4v) is 3.14. The fraction of sp³-hybridized carbons (Fsp3) is 0.562. The summed E-state index contributed by atoms with van der Waals surface area (Å²) in [6.45, 7) is 8.21. The van der Waals surface area contributed by atoms with Crippen LogP contribution in [0.25, 0.3) is 0 Å². The molecule has 0 amide bonds. The van der Waals surface area contributed by atoms with Crippen LogP contribution in [0.5, 0.6) is 0 Å². The molecule has 0 N–H and O–H groups in total. The lowest BCUT2D eigenvalue weighted by molar-refractivity contribution is 0.151. The van der Waals surface area contributed by atoms with E-state index in [1.165, 1.54) is 19.4 Å². The predicted octanol–water partition coefficient (Wildman–Crippen LogP) is 2.20. The summed E-state index contributed by atoms with van der Waals surface area (Å²) in [5, 5.41) is 4.49. The maximum absolute atomic E-state index is 4.49. The molecule has 21 heavy (non-hydrogen) atoms. The first-order valence-corrected chi connectivity index (χ1v) is 7.71. The van der Waals surface area contributed by atoms with Crippen LogP contribution < -0.4 is 0 Å². The summed E-state index contributed by atoms with van der Waals surface area (Å²) in [6.07, 6.45) is 4.40. The zero-order chi connectivity index (χ0) is 14.7. The maximum Gasteiger partial charge on any atom is 0.147 e. The molecule has 0 aromatic carbocycles. The Balaban J connectivity index is 1.59. The Kier molecular flexibility index (Phi) is 4.29. The van der Waals surface area contributed by atoms with Gasteiger partial charge in [0.2, 0.25) is 0 Å². The molecule has 0 unspecified atom stereocenters. The van der Waals surface area contributed by atoms with Gasteiger partial charge in [-0.3, -0.25) is 9.88 Å². The Hall–Kier alpha value is -1.75. The molecule has 3 rings (SSSR count). The second-order valence-electron chi connectivity index (χ2n) is 5.95. The molecule has 1 saturated heterocycles. The summed E-state index contributed by atoms with van der Waals surface area (Å²) in [4.78, 5) is 11.3. The van der Waals surface area contributed by atoms with Gasteiger partial charge in [-0.15, -0.1) is 0 Å². The summed E-state index contributed by atoms with van der Waals surface area (Å²) in [7, 11) is 0. The van der Waals surface area contributed by atoms with Crippen LogP contribution in [-0.2, 0) is 13.1 Å². The van der Waals surface area contributed by atoms with E-state index in [1.54, 1.807) is 0 Å². The van der Waals surface area contributed by atoms with Gasteiger partial charge in [0.1, 0.15) is 11.6 Å². The third-order valence-electron chi connectivity index (χ3n) is 4.11. The van der Waals surface area contributed by atoms with Crippen molar-refractivity contribution in [3.63, 3.8) is 0 Å². The molecule has 0 bridgehead atoms. The van der Waals surface area contributed by atoms with Crippen LogP contribution in [0, 0.1) is 19.8 Å². The minimum absolute atomic E-state index is 0.655. The van der Waals surface area contributed by atoms with Crippen molar-refractivity contribution in [1.29, 1.82) is 0 Å². The average molecular weight is 285 g/mol. The van der Waals surface area contributed by atoms with Crippen molar-refractivity contribution in [3.05, 3.63) is 41.7 Å². The molecule has 1 atom stereocenters. The normalized spacial score (nSPS) is 19.8. The number of hydrogen-bond acceptors (Lipinski definition) is 4. The van der Waals surface area contributed by atoms with Crippen LogP contribution in [0.1, 0.15) is 30.2 Å². The topological polar surface area (TPSA) is 46.8 Å². The number of rotatable bonds is 4. The average Bonchev–Trinajstić information content (AvgIpc) is 2.78. The van der Waals surface area contributed by atoms with Crippen LogP contribution in [0.2, 0.25) is 0 Å². The molecule has 1 fully saturated rings. The standard InChI is InChI=1S/C16H23N5/c1-13-18-14(2)21(19-13)11-15-6-5-9-20(10-15)12-16-7-3-4-8-17-16/h3-4,7-8,15H,5-6,9-12H2,1-2H3/t15-/m1/s1. The van der Waals surface area contributed by atoms with E-state index in [9.17, 15) is 0 Å². The Morgan fingerprint density at radius 1 is 1.29 bits per heavy atom. The minimum Gasteiger partial charge on any atom is -0.297 e. The van der Waals surface area contributed by atoms with Gasteiger partial charge in [0, 0.05) is 25.8 Å². The molecule has 3 heterocycles. The molecule has 2 aromatic heterocycles. The van der Waals surface area contributed by atoms with Crippen LogP contribution in [0.3, 0.4) is 0 Å². The van der Waals surface area contributed by atoms with E-state index in [2.05, 4.69) is 36.8 Å². The molecule has 1 aliphatic rings. The van der Waals surface area contributed by atoms with E-state index in [1.807, 2.05) is 26.1 Å². The Morgan fingerprint density at radius 2 is 2.19 bits per heavy atom. The van der Waals surface area contributed by atoms with Crippen molar-refractivity contribution in [2.24, 2.45) is 5.92 Å². The van der Waals surface area contributed by atoms with Crippen LogP contribution >= 0.6 is 0 Å². The largest absolute Gasteiger partial charge is 0.297 e. The SMILES string of the molecule is Cc1nc(C)n(C[C@@H]2CCCN(Cc3ccccn3)C2)n1. The van der Waals surface area contributed by atoms with Crippen molar-refractivity contribution in [2.45, 2.75) is 39.8 Å². The number of piperidine rings is 1. The summed E-state index contributed by atoms with van der Waals surface area (Å²) in [5.74, 6) is 2.55. The third kappa shape index (κ3) is 3.67. The highest BCUT2D eigenvalue weighted by molar-refractivity contribution is 5.03. The van der Waals surface area contributed by atoms with Gasteiger partial charge in [-0.1, -0.05) is 6.07 Å². The van der Waals surface area contributed by atoms with Crippen LogP contribution in [-0.4, -0.2) is 37.7 Å². The number of hydrogen-bond donors (Lipinski definition) is 0. The Morgan fingerprint density at radius 3 is 2.90 bits per heavy atom. The smallest absolute Gasteiger partial charge is 0.147 e. The lowest BCUT2D eigenvalue weighted by atomic mass is 9.98. The van der Waals surface area contributed by atoms with Crippen molar-refractivity contribution < 1.29 is 0 Å².